The topological polar surface area (TPSA) is 38.8 Å². The van der Waals surface area contributed by atoms with Gasteiger partial charge in [-0.25, -0.2) is 4.39 Å². The van der Waals surface area contributed by atoms with Gasteiger partial charge < -0.3 is 14.4 Å². The number of carbonyl (C=O) groups excluding carboxylic acids is 1. The number of fused-ring (bicyclic) bond motifs is 1. The van der Waals surface area contributed by atoms with Gasteiger partial charge in [-0.2, -0.15) is 0 Å². The van der Waals surface area contributed by atoms with Crippen molar-refractivity contribution < 1.29 is 18.7 Å². The molecule has 1 aliphatic rings. The molecule has 0 N–H and O–H groups in total. The number of halogens is 2. The highest BCUT2D eigenvalue weighted by Crippen LogP contribution is 2.42. The Labute approximate surface area is 135 Å². The van der Waals surface area contributed by atoms with Crippen molar-refractivity contribution in [2.24, 2.45) is 0 Å². The van der Waals surface area contributed by atoms with Gasteiger partial charge in [-0.05, 0) is 28.1 Å². The van der Waals surface area contributed by atoms with Crippen LogP contribution in [0, 0.1) is 5.82 Å². The maximum absolute atomic E-state index is 13.9. The van der Waals surface area contributed by atoms with E-state index in [-0.39, 0.29) is 24.9 Å². The Morgan fingerprint density at radius 1 is 1.36 bits per heavy atom. The minimum Gasteiger partial charge on any atom is -0.497 e. The number of methoxy groups -OCH3 is 1. The predicted molar refractivity (Wildman–Crippen MR) is 83.8 cm³/mol. The second-order valence-electron chi connectivity index (χ2n) is 4.82. The molecule has 0 saturated heterocycles. The van der Waals surface area contributed by atoms with Gasteiger partial charge in [-0.15, -0.1) is 0 Å². The fourth-order valence-electron chi connectivity index (χ4n) is 2.33. The lowest BCUT2D eigenvalue weighted by Gasteiger charge is -2.30. The van der Waals surface area contributed by atoms with E-state index < -0.39 is 0 Å². The first-order chi connectivity index (χ1) is 10.6. The van der Waals surface area contributed by atoms with Crippen LogP contribution < -0.4 is 14.4 Å². The Morgan fingerprint density at radius 2 is 2.14 bits per heavy atom. The zero-order valence-electron chi connectivity index (χ0n) is 11.8. The third kappa shape index (κ3) is 2.66. The van der Waals surface area contributed by atoms with Gasteiger partial charge in [0.2, 0.25) is 0 Å². The summed E-state index contributed by atoms with van der Waals surface area (Å²) in [6, 6.07) is 9.86. The lowest BCUT2D eigenvalue weighted by atomic mass is 10.1. The molecule has 0 aliphatic carbocycles. The van der Waals surface area contributed by atoms with Gasteiger partial charge in [-0.3, -0.25) is 4.79 Å². The van der Waals surface area contributed by atoms with Crippen molar-refractivity contribution in [2.75, 3.05) is 18.6 Å². The molecule has 0 radical (unpaired) electrons. The largest absolute Gasteiger partial charge is 0.497 e. The Kier molecular flexibility index (Phi) is 4.02. The van der Waals surface area contributed by atoms with Crippen molar-refractivity contribution >= 4 is 27.5 Å². The lowest BCUT2D eigenvalue weighted by molar-refractivity contribution is -0.121. The average molecular weight is 366 g/mol. The number of hydrogen-bond acceptors (Lipinski definition) is 3. The van der Waals surface area contributed by atoms with Crippen LogP contribution >= 0.6 is 15.9 Å². The third-order valence-electron chi connectivity index (χ3n) is 3.45. The number of anilines is 1. The highest BCUT2D eigenvalue weighted by molar-refractivity contribution is 9.10. The van der Waals surface area contributed by atoms with Gasteiger partial charge in [0.15, 0.2) is 12.4 Å². The molecule has 0 saturated carbocycles. The molecule has 0 spiro atoms. The summed E-state index contributed by atoms with van der Waals surface area (Å²) in [6.07, 6.45) is 0. The molecule has 2 aromatic carbocycles. The van der Waals surface area contributed by atoms with Crippen molar-refractivity contribution in [1.29, 1.82) is 0 Å². The highest BCUT2D eigenvalue weighted by atomic mass is 79.9. The van der Waals surface area contributed by atoms with E-state index in [1.54, 1.807) is 37.4 Å². The number of ether oxygens (including phenoxy) is 2. The zero-order chi connectivity index (χ0) is 15.7. The lowest BCUT2D eigenvalue weighted by Crippen LogP contribution is -2.38. The first-order valence-corrected chi connectivity index (χ1v) is 7.43. The van der Waals surface area contributed by atoms with Gasteiger partial charge >= 0.3 is 0 Å². The quantitative estimate of drug-likeness (QED) is 0.835. The Morgan fingerprint density at radius 3 is 2.86 bits per heavy atom. The first-order valence-electron chi connectivity index (χ1n) is 6.64. The van der Waals surface area contributed by atoms with Gasteiger partial charge in [0.05, 0.1) is 23.8 Å². The molecule has 6 heteroatoms. The van der Waals surface area contributed by atoms with Crippen LogP contribution in [0.4, 0.5) is 10.1 Å². The molecule has 114 valence electrons. The molecule has 0 unspecified atom stereocenters. The molecule has 1 aliphatic heterocycles. The highest BCUT2D eigenvalue weighted by Gasteiger charge is 2.28. The molecule has 0 atom stereocenters. The molecular weight excluding hydrogens is 353 g/mol. The van der Waals surface area contributed by atoms with E-state index in [0.717, 1.165) is 0 Å². The monoisotopic (exact) mass is 365 g/mol. The van der Waals surface area contributed by atoms with E-state index in [4.69, 9.17) is 9.47 Å². The zero-order valence-corrected chi connectivity index (χ0v) is 13.4. The molecule has 0 bridgehead atoms. The summed E-state index contributed by atoms with van der Waals surface area (Å²) in [4.78, 5) is 13.7. The fraction of sp³-hybridized carbons (Fsp3) is 0.188. The van der Waals surface area contributed by atoms with Crippen LogP contribution in [0.15, 0.2) is 40.9 Å². The summed E-state index contributed by atoms with van der Waals surface area (Å²) in [5.41, 5.74) is 1.01. The Bertz CT molecular complexity index is 735. The summed E-state index contributed by atoms with van der Waals surface area (Å²) in [5, 5.41) is 0. The predicted octanol–water partition coefficient (Wildman–Crippen LogP) is 3.52. The fourth-order valence-corrected chi connectivity index (χ4v) is 2.88. The molecule has 0 fully saturated rings. The van der Waals surface area contributed by atoms with E-state index in [9.17, 15) is 9.18 Å². The maximum atomic E-state index is 13.9. The molecule has 3 rings (SSSR count). The first kappa shape index (κ1) is 14.8. The number of benzene rings is 2. The third-order valence-corrected chi connectivity index (χ3v) is 4.04. The van der Waals surface area contributed by atoms with E-state index in [0.29, 0.717) is 27.2 Å². The minimum atomic E-state index is -0.342. The summed E-state index contributed by atoms with van der Waals surface area (Å²) >= 11 is 3.40. The Hall–Kier alpha value is -2.08. The molecule has 22 heavy (non-hydrogen) atoms. The van der Waals surface area contributed by atoms with E-state index in [1.807, 2.05) is 0 Å². The number of amides is 1. The smallest absolute Gasteiger partial charge is 0.265 e. The van der Waals surface area contributed by atoms with Crippen LogP contribution in [0.2, 0.25) is 0 Å². The molecule has 4 nitrogen and oxygen atoms in total. The van der Waals surface area contributed by atoms with Gasteiger partial charge in [0.1, 0.15) is 11.6 Å². The minimum absolute atomic E-state index is 0.0770. The van der Waals surface area contributed by atoms with Gasteiger partial charge in [-0.1, -0.05) is 18.2 Å². The van der Waals surface area contributed by atoms with Crippen LogP contribution in [0.3, 0.4) is 0 Å². The normalized spacial score (nSPS) is 13.6. The molecule has 0 aromatic heterocycles. The van der Waals surface area contributed by atoms with Crippen molar-refractivity contribution in [2.45, 2.75) is 6.54 Å². The number of rotatable bonds is 3. The van der Waals surface area contributed by atoms with Crippen LogP contribution in [0.1, 0.15) is 5.56 Å². The van der Waals surface area contributed by atoms with E-state index in [1.165, 1.54) is 11.0 Å². The van der Waals surface area contributed by atoms with Crippen molar-refractivity contribution in [3.05, 3.63) is 52.3 Å². The van der Waals surface area contributed by atoms with Crippen molar-refractivity contribution in [3.63, 3.8) is 0 Å². The van der Waals surface area contributed by atoms with Crippen molar-refractivity contribution in [3.8, 4) is 11.5 Å². The van der Waals surface area contributed by atoms with Crippen LogP contribution in [-0.2, 0) is 11.3 Å². The molecule has 1 amide bonds. The molecule has 1 heterocycles. The van der Waals surface area contributed by atoms with Crippen LogP contribution in [-0.4, -0.2) is 19.6 Å². The van der Waals surface area contributed by atoms with E-state index >= 15 is 0 Å². The molecular formula is C16H13BrFNO3. The second-order valence-corrected chi connectivity index (χ2v) is 5.67. The van der Waals surface area contributed by atoms with Crippen molar-refractivity contribution in [1.82, 2.24) is 0 Å². The summed E-state index contributed by atoms with van der Waals surface area (Å²) in [7, 11) is 1.54. The summed E-state index contributed by atoms with van der Waals surface area (Å²) in [5.74, 6) is 0.570. The van der Waals surface area contributed by atoms with Crippen LogP contribution in [0.25, 0.3) is 0 Å². The maximum Gasteiger partial charge on any atom is 0.265 e. The Balaban J connectivity index is 2.04. The standard InChI is InChI=1S/C16H13BrFNO3/c1-21-11-6-12(17)16-14(7-11)19(15(20)9-22-16)8-10-4-2-3-5-13(10)18/h2-7H,8-9H2,1H3. The molecule has 2 aromatic rings. The number of nitrogens with zero attached hydrogens (tertiary/aromatic N) is 1. The SMILES string of the molecule is COc1cc(Br)c2c(c1)N(Cc1ccccc1F)C(=O)CO2. The van der Waals surface area contributed by atoms with Gasteiger partial charge in [0, 0.05) is 11.6 Å². The van der Waals surface area contributed by atoms with E-state index in [2.05, 4.69) is 15.9 Å². The number of hydrogen-bond donors (Lipinski definition) is 0. The average Bonchev–Trinajstić information content (AvgIpc) is 2.51. The summed E-state index contributed by atoms with van der Waals surface area (Å²) < 4.78 is 25.3. The second kappa shape index (κ2) is 5.96. The van der Waals surface area contributed by atoms with Crippen LogP contribution in [0.5, 0.6) is 11.5 Å². The number of carbonyl (C=O) groups is 1. The summed E-state index contributed by atoms with van der Waals surface area (Å²) in [6.45, 7) is 0.0633. The van der Waals surface area contributed by atoms with Gasteiger partial charge in [0.25, 0.3) is 5.91 Å².